The van der Waals surface area contributed by atoms with Crippen LogP contribution in [0.1, 0.15) is 39.2 Å². The van der Waals surface area contributed by atoms with Gasteiger partial charge in [-0.15, -0.1) is 0 Å². The standard InChI is InChI=1S/C19H19Cl2FO2/c1-11(18(23)24-19(2,3)4)12-5-6-16(17(22)9-12)13-7-14(20)10-15(21)8-13/h5-11H,1-4H3. The number of hydrogen-bond donors (Lipinski definition) is 0. The predicted molar refractivity (Wildman–Crippen MR) is 96.1 cm³/mol. The van der Waals surface area contributed by atoms with E-state index < -0.39 is 17.3 Å². The summed E-state index contributed by atoms with van der Waals surface area (Å²) < 4.78 is 19.9. The van der Waals surface area contributed by atoms with Crippen LogP contribution in [0.15, 0.2) is 36.4 Å². The van der Waals surface area contributed by atoms with E-state index in [9.17, 15) is 9.18 Å². The third-order valence-corrected chi connectivity index (χ3v) is 3.86. The molecule has 0 fully saturated rings. The molecule has 0 radical (unpaired) electrons. The smallest absolute Gasteiger partial charge is 0.313 e. The molecule has 0 aliphatic heterocycles. The second-order valence-electron chi connectivity index (χ2n) is 6.65. The lowest BCUT2D eigenvalue weighted by Gasteiger charge is -2.22. The molecule has 128 valence electrons. The molecule has 24 heavy (non-hydrogen) atoms. The van der Waals surface area contributed by atoms with Crippen molar-refractivity contribution < 1.29 is 13.9 Å². The first-order chi connectivity index (χ1) is 11.1. The van der Waals surface area contributed by atoms with Crippen molar-refractivity contribution >= 4 is 29.2 Å². The van der Waals surface area contributed by atoms with Crippen LogP contribution in [-0.4, -0.2) is 11.6 Å². The molecule has 0 amide bonds. The van der Waals surface area contributed by atoms with Crippen LogP contribution in [0.3, 0.4) is 0 Å². The van der Waals surface area contributed by atoms with Gasteiger partial charge >= 0.3 is 5.97 Å². The van der Waals surface area contributed by atoms with Crippen LogP contribution in [0.5, 0.6) is 0 Å². The van der Waals surface area contributed by atoms with Gasteiger partial charge in [-0.25, -0.2) is 4.39 Å². The van der Waals surface area contributed by atoms with Gasteiger partial charge in [0.05, 0.1) is 5.92 Å². The van der Waals surface area contributed by atoms with Crippen LogP contribution < -0.4 is 0 Å². The molecule has 2 aromatic carbocycles. The minimum absolute atomic E-state index is 0.375. The Labute approximate surface area is 151 Å². The highest BCUT2D eigenvalue weighted by molar-refractivity contribution is 6.35. The van der Waals surface area contributed by atoms with E-state index in [4.69, 9.17) is 27.9 Å². The zero-order chi connectivity index (χ0) is 18.1. The highest BCUT2D eigenvalue weighted by Crippen LogP contribution is 2.31. The lowest BCUT2D eigenvalue weighted by molar-refractivity contribution is -0.156. The fourth-order valence-corrected chi connectivity index (χ4v) is 2.80. The number of hydrogen-bond acceptors (Lipinski definition) is 2. The van der Waals surface area contributed by atoms with Crippen LogP contribution >= 0.6 is 23.2 Å². The quantitative estimate of drug-likeness (QED) is 0.598. The molecule has 1 atom stereocenters. The summed E-state index contributed by atoms with van der Waals surface area (Å²) in [4.78, 5) is 12.1. The molecule has 0 spiro atoms. The maximum Gasteiger partial charge on any atom is 0.313 e. The number of halogens is 3. The Morgan fingerprint density at radius 1 is 1.08 bits per heavy atom. The molecular weight excluding hydrogens is 350 g/mol. The zero-order valence-electron chi connectivity index (χ0n) is 14.0. The minimum Gasteiger partial charge on any atom is -0.460 e. The number of esters is 1. The van der Waals surface area contributed by atoms with Crippen LogP contribution in [-0.2, 0) is 9.53 Å². The van der Waals surface area contributed by atoms with Gasteiger partial charge < -0.3 is 4.74 Å². The van der Waals surface area contributed by atoms with Gasteiger partial charge in [0.2, 0.25) is 0 Å². The molecule has 0 saturated carbocycles. The molecular formula is C19H19Cl2FO2. The van der Waals surface area contributed by atoms with Gasteiger partial charge in [-0.2, -0.15) is 0 Å². The molecule has 2 aromatic rings. The summed E-state index contributed by atoms with van der Waals surface area (Å²) in [6, 6.07) is 9.54. The van der Waals surface area contributed by atoms with Crippen LogP contribution in [0.25, 0.3) is 11.1 Å². The summed E-state index contributed by atoms with van der Waals surface area (Å²) in [5, 5.41) is 0.867. The molecule has 0 aromatic heterocycles. The third-order valence-electron chi connectivity index (χ3n) is 3.43. The monoisotopic (exact) mass is 368 g/mol. The maximum atomic E-state index is 14.5. The highest BCUT2D eigenvalue weighted by atomic mass is 35.5. The highest BCUT2D eigenvalue weighted by Gasteiger charge is 2.23. The average Bonchev–Trinajstić information content (AvgIpc) is 2.43. The second kappa shape index (κ2) is 7.12. The van der Waals surface area contributed by atoms with Gasteiger partial charge in [0.15, 0.2) is 0 Å². The molecule has 2 rings (SSSR count). The molecule has 2 nitrogen and oxygen atoms in total. The Kier molecular flexibility index (Phi) is 5.56. The average molecular weight is 369 g/mol. The lowest BCUT2D eigenvalue weighted by atomic mass is 9.96. The number of carbonyl (C=O) groups excluding carboxylic acids is 1. The summed E-state index contributed by atoms with van der Waals surface area (Å²) in [6.45, 7) is 7.08. The molecule has 0 bridgehead atoms. The largest absolute Gasteiger partial charge is 0.460 e. The molecule has 5 heteroatoms. The fraction of sp³-hybridized carbons (Fsp3) is 0.316. The van der Waals surface area contributed by atoms with E-state index in [0.717, 1.165) is 0 Å². The summed E-state index contributed by atoms with van der Waals surface area (Å²) >= 11 is 11.9. The summed E-state index contributed by atoms with van der Waals surface area (Å²) in [7, 11) is 0. The molecule has 0 N–H and O–H groups in total. The van der Waals surface area contributed by atoms with Crippen molar-refractivity contribution in [1.82, 2.24) is 0 Å². The van der Waals surface area contributed by atoms with E-state index in [1.807, 2.05) is 0 Å². The van der Waals surface area contributed by atoms with E-state index in [0.29, 0.717) is 26.7 Å². The lowest BCUT2D eigenvalue weighted by Crippen LogP contribution is -2.26. The number of benzene rings is 2. The molecule has 0 heterocycles. The van der Waals surface area contributed by atoms with Crippen LogP contribution in [0.2, 0.25) is 10.0 Å². The summed E-state index contributed by atoms with van der Waals surface area (Å²) in [5.74, 6) is -1.39. The van der Waals surface area contributed by atoms with Gasteiger partial charge in [-0.1, -0.05) is 35.3 Å². The Hall–Kier alpha value is -1.58. The Morgan fingerprint density at radius 2 is 1.67 bits per heavy atom. The first-order valence-corrected chi connectivity index (χ1v) is 8.31. The molecule has 0 aliphatic carbocycles. The second-order valence-corrected chi connectivity index (χ2v) is 7.53. The number of carbonyl (C=O) groups is 1. The van der Waals surface area contributed by atoms with E-state index >= 15 is 0 Å². The summed E-state index contributed by atoms with van der Waals surface area (Å²) in [5.41, 5.74) is 0.932. The first kappa shape index (κ1) is 18.8. The Bertz CT molecular complexity index is 746. The maximum absolute atomic E-state index is 14.5. The SMILES string of the molecule is CC(C(=O)OC(C)(C)C)c1ccc(-c2cc(Cl)cc(Cl)c2)c(F)c1. The van der Waals surface area contributed by atoms with Crippen molar-refractivity contribution in [1.29, 1.82) is 0 Å². The van der Waals surface area contributed by atoms with Crippen LogP contribution in [0.4, 0.5) is 4.39 Å². The topological polar surface area (TPSA) is 26.3 Å². The van der Waals surface area contributed by atoms with E-state index in [1.165, 1.54) is 6.07 Å². The Balaban J connectivity index is 2.31. The first-order valence-electron chi connectivity index (χ1n) is 7.55. The van der Waals surface area contributed by atoms with Crippen molar-refractivity contribution in [3.05, 3.63) is 57.8 Å². The minimum atomic E-state index is -0.582. The van der Waals surface area contributed by atoms with Crippen molar-refractivity contribution in [3.63, 3.8) is 0 Å². The number of rotatable bonds is 3. The van der Waals surface area contributed by atoms with Crippen LogP contribution in [0, 0.1) is 5.82 Å². The van der Waals surface area contributed by atoms with Crippen molar-refractivity contribution in [2.24, 2.45) is 0 Å². The van der Waals surface area contributed by atoms with Crippen molar-refractivity contribution in [3.8, 4) is 11.1 Å². The van der Waals surface area contributed by atoms with E-state index in [2.05, 4.69) is 0 Å². The predicted octanol–water partition coefficient (Wildman–Crippen LogP) is 6.24. The zero-order valence-corrected chi connectivity index (χ0v) is 15.5. The van der Waals surface area contributed by atoms with Gasteiger partial charge in [0.25, 0.3) is 0 Å². The fourth-order valence-electron chi connectivity index (χ4n) is 2.27. The molecule has 1 unspecified atom stereocenters. The molecule has 0 aliphatic rings. The number of ether oxygens (including phenoxy) is 1. The van der Waals surface area contributed by atoms with E-state index in [1.54, 1.807) is 58.0 Å². The van der Waals surface area contributed by atoms with Gasteiger partial charge in [-0.3, -0.25) is 4.79 Å². The molecule has 0 saturated heterocycles. The van der Waals surface area contributed by atoms with Gasteiger partial charge in [0, 0.05) is 15.6 Å². The van der Waals surface area contributed by atoms with Crippen molar-refractivity contribution in [2.75, 3.05) is 0 Å². The van der Waals surface area contributed by atoms with E-state index in [-0.39, 0.29) is 5.97 Å². The van der Waals surface area contributed by atoms with Gasteiger partial charge in [0.1, 0.15) is 11.4 Å². The third kappa shape index (κ3) is 4.71. The normalized spacial score (nSPS) is 12.8. The van der Waals surface area contributed by atoms with Gasteiger partial charge in [-0.05, 0) is 63.1 Å². The Morgan fingerprint density at radius 3 is 2.17 bits per heavy atom. The van der Waals surface area contributed by atoms with Crippen molar-refractivity contribution in [2.45, 2.75) is 39.2 Å². The summed E-state index contributed by atoms with van der Waals surface area (Å²) in [6.07, 6.45) is 0.